The van der Waals surface area contributed by atoms with E-state index in [2.05, 4.69) is 4.98 Å². The molecule has 1 aliphatic heterocycles. The lowest BCUT2D eigenvalue weighted by molar-refractivity contribution is -0.113. The molecule has 1 aromatic carbocycles. The minimum Gasteiger partial charge on any atom is -0.478 e. The molecule has 1 amide bonds. The highest BCUT2D eigenvalue weighted by Crippen LogP contribution is 2.40. The molecule has 152 valence electrons. The molecule has 0 atom stereocenters. The molecular weight excluding hydrogens is 366 g/mol. The molecule has 29 heavy (non-hydrogen) atoms. The Morgan fingerprint density at radius 3 is 2.59 bits per heavy atom. The Morgan fingerprint density at radius 2 is 1.97 bits per heavy atom. The number of carbonyl (C=O) groups excluding carboxylic acids is 1. The van der Waals surface area contributed by atoms with Crippen molar-refractivity contribution < 1.29 is 14.7 Å². The molecule has 0 saturated heterocycles. The van der Waals surface area contributed by atoms with Crippen LogP contribution in [0.15, 0.2) is 24.3 Å². The number of fused-ring (bicyclic) bond motifs is 1. The van der Waals surface area contributed by atoms with Gasteiger partial charge in [0.05, 0.1) is 16.8 Å². The molecule has 6 heteroatoms. The number of hydrogen-bond donors (Lipinski definition) is 3. The highest BCUT2D eigenvalue weighted by Gasteiger charge is 2.35. The van der Waals surface area contributed by atoms with Gasteiger partial charge in [0.1, 0.15) is 0 Å². The summed E-state index contributed by atoms with van der Waals surface area (Å²) in [6.45, 7) is 4.59. The van der Waals surface area contributed by atoms with Crippen LogP contribution < -0.4 is 10.6 Å². The highest BCUT2D eigenvalue weighted by molar-refractivity contribution is 6.36. The molecule has 4 N–H and O–H groups in total. The van der Waals surface area contributed by atoms with Gasteiger partial charge in [-0.2, -0.15) is 0 Å². The summed E-state index contributed by atoms with van der Waals surface area (Å²) in [7, 11) is 0. The van der Waals surface area contributed by atoms with Crippen LogP contribution in [-0.2, 0) is 4.79 Å². The molecule has 1 aromatic heterocycles. The second kappa shape index (κ2) is 7.52. The maximum Gasteiger partial charge on any atom is 0.335 e. The highest BCUT2D eigenvalue weighted by atomic mass is 16.4. The third-order valence-electron chi connectivity index (χ3n) is 6.11. The summed E-state index contributed by atoms with van der Waals surface area (Å²) in [6, 6.07) is 7.24. The minimum absolute atomic E-state index is 0.0657. The van der Waals surface area contributed by atoms with Crippen LogP contribution in [0.2, 0.25) is 0 Å². The van der Waals surface area contributed by atoms with Gasteiger partial charge < -0.3 is 20.7 Å². The molecule has 6 nitrogen and oxygen atoms in total. The second-order valence-corrected chi connectivity index (χ2v) is 8.34. The SMILES string of the molecule is Cc1cc(C)c(/C=C2\C(=O)N(CC3CCC(N)CC3)c3cc(C(=O)O)ccc32)[nH]1. The fourth-order valence-electron chi connectivity index (χ4n) is 4.48. The van der Waals surface area contributed by atoms with Crippen molar-refractivity contribution in [1.82, 2.24) is 4.98 Å². The van der Waals surface area contributed by atoms with Crippen LogP contribution in [0.1, 0.15) is 58.6 Å². The van der Waals surface area contributed by atoms with Crippen molar-refractivity contribution in [1.29, 1.82) is 0 Å². The van der Waals surface area contributed by atoms with E-state index in [4.69, 9.17) is 5.73 Å². The number of aryl methyl sites for hydroxylation is 2. The Bertz CT molecular complexity index is 997. The maximum atomic E-state index is 13.4. The van der Waals surface area contributed by atoms with Crippen molar-refractivity contribution in [2.45, 2.75) is 45.6 Å². The van der Waals surface area contributed by atoms with Gasteiger partial charge in [-0.05, 0) is 75.3 Å². The summed E-state index contributed by atoms with van der Waals surface area (Å²) in [5.74, 6) is -0.671. The normalized spacial score (nSPS) is 22.9. The van der Waals surface area contributed by atoms with Crippen LogP contribution in [0, 0.1) is 19.8 Å². The van der Waals surface area contributed by atoms with Gasteiger partial charge in [0.25, 0.3) is 5.91 Å². The fraction of sp³-hybridized carbons (Fsp3) is 0.391. The summed E-state index contributed by atoms with van der Waals surface area (Å²) in [5, 5.41) is 9.42. The number of anilines is 1. The number of amides is 1. The average Bonchev–Trinajstić information content (AvgIpc) is 3.13. The molecule has 2 heterocycles. The topological polar surface area (TPSA) is 99.4 Å². The Labute approximate surface area is 170 Å². The third kappa shape index (κ3) is 3.72. The number of rotatable bonds is 4. The number of benzene rings is 1. The number of H-pyrrole nitrogens is 1. The van der Waals surface area contributed by atoms with Crippen molar-refractivity contribution in [3.63, 3.8) is 0 Å². The van der Waals surface area contributed by atoms with Crippen LogP contribution in [0.5, 0.6) is 0 Å². The van der Waals surface area contributed by atoms with Gasteiger partial charge in [0, 0.05) is 29.5 Å². The zero-order valence-electron chi connectivity index (χ0n) is 16.9. The van der Waals surface area contributed by atoms with Crippen LogP contribution in [0.25, 0.3) is 11.6 Å². The van der Waals surface area contributed by atoms with E-state index in [0.717, 1.165) is 48.2 Å². The molecule has 0 radical (unpaired) electrons. The van der Waals surface area contributed by atoms with E-state index in [1.807, 2.05) is 26.0 Å². The summed E-state index contributed by atoms with van der Waals surface area (Å²) < 4.78 is 0. The predicted octanol–water partition coefficient (Wildman–Crippen LogP) is 3.73. The molecule has 4 rings (SSSR count). The van der Waals surface area contributed by atoms with Gasteiger partial charge in [-0.1, -0.05) is 6.07 Å². The summed E-state index contributed by atoms with van der Waals surface area (Å²) >= 11 is 0. The van der Waals surface area contributed by atoms with Crippen LogP contribution >= 0.6 is 0 Å². The lowest BCUT2D eigenvalue weighted by Crippen LogP contribution is -2.36. The van der Waals surface area contributed by atoms with Crippen LogP contribution in [-0.4, -0.2) is 34.6 Å². The zero-order valence-corrected chi connectivity index (χ0v) is 16.9. The second-order valence-electron chi connectivity index (χ2n) is 8.34. The van der Waals surface area contributed by atoms with Crippen LogP contribution in [0.4, 0.5) is 5.69 Å². The number of nitrogens with one attached hydrogen (secondary N) is 1. The average molecular weight is 393 g/mol. The minimum atomic E-state index is -0.989. The van der Waals surface area contributed by atoms with E-state index in [1.165, 1.54) is 0 Å². The van der Waals surface area contributed by atoms with Gasteiger partial charge >= 0.3 is 5.97 Å². The van der Waals surface area contributed by atoms with Crippen LogP contribution in [0.3, 0.4) is 0 Å². The standard InChI is InChI=1S/C23H27N3O3/c1-13-9-14(2)25-20(13)11-19-18-8-5-16(23(28)29)10-21(18)26(22(19)27)12-15-3-6-17(24)7-4-15/h5,8-11,15,17,25H,3-4,6-7,12,24H2,1-2H3,(H,28,29)/b19-11-. The number of carbonyl (C=O) groups is 2. The smallest absolute Gasteiger partial charge is 0.335 e. The van der Waals surface area contributed by atoms with Gasteiger partial charge in [0.15, 0.2) is 0 Å². The maximum absolute atomic E-state index is 13.4. The van der Waals surface area contributed by atoms with E-state index in [-0.39, 0.29) is 17.5 Å². The molecule has 1 aliphatic carbocycles. The molecule has 0 spiro atoms. The molecule has 0 bridgehead atoms. The first-order valence-corrected chi connectivity index (χ1v) is 10.2. The van der Waals surface area contributed by atoms with Crippen molar-refractivity contribution in [2.75, 3.05) is 11.4 Å². The summed E-state index contributed by atoms with van der Waals surface area (Å²) in [6.07, 6.45) is 5.82. The monoisotopic (exact) mass is 393 g/mol. The Morgan fingerprint density at radius 1 is 1.24 bits per heavy atom. The number of carboxylic acid groups (broad SMARTS) is 1. The lowest BCUT2D eigenvalue weighted by atomic mass is 9.86. The fourth-order valence-corrected chi connectivity index (χ4v) is 4.48. The number of aromatic carboxylic acids is 1. The summed E-state index contributed by atoms with van der Waals surface area (Å²) in [5.41, 5.74) is 11.3. The number of aromatic amines is 1. The predicted molar refractivity (Wildman–Crippen MR) is 114 cm³/mol. The lowest BCUT2D eigenvalue weighted by Gasteiger charge is -2.29. The molecule has 2 aliphatic rings. The number of nitrogens with two attached hydrogens (primary N) is 1. The van der Waals surface area contributed by atoms with Gasteiger partial charge in [-0.15, -0.1) is 0 Å². The van der Waals surface area contributed by atoms with Crippen molar-refractivity contribution in [3.05, 3.63) is 52.3 Å². The van der Waals surface area contributed by atoms with E-state index in [1.54, 1.807) is 23.1 Å². The van der Waals surface area contributed by atoms with E-state index in [0.29, 0.717) is 23.7 Å². The van der Waals surface area contributed by atoms with Crippen molar-refractivity contribution >= 4 is 29.2 Å². The first-order valence-electron chi connectivity index (χ1n) is 10.2. The van der Waals surface area contributed by atoms with Gasteiger partial charge in [-0.25, -0.2) is 4.79 Å². The Kier molecular flexibility index (Phi) is 5.04. The third-order valence-corrected chi connectivity index (χ3v) is 6.11. The van der Waals surface area contributed by atoms with Gasteiger partial charge in [-0.3, -0.25) is 4.79 Å². The quantitative estimate of drug-likeness (QED) is 0.689. The Hall–Kier alpha value is -2.86. The number of carboxylic acids is 1. The molecule has 1 fully saturated rings. The van der Waals surface area contributed by atoms with E-state index in [9.17, 15) is 14.7 Å². The summed E-state index contributed by atoms with van der Waals surface area (Å²) in [4.78, 5) is 29.9. The van der Waals surface area contributed by atoms with E-state index >= 15 is 0 Å². The van der Waals surface area contributed by atoms with E-state index < -0.39 is 5.97 Å². The molecule has 2 aromatic rings. The zero-order chi connectivity index (χ0) is 20.7. The molecule has 0 unspecified atom stereocenters. The Balaban J connectivity index is 1.73. The van der Waals surface area contributed by atoms with Crippen molar-refractivity contribution in [3.8, 4) is 0 Å². The van der Waals surface area contributed by atoms with Crippen molar-refractivity contribution in [2.24, 2.45) is 11.7 Å². The number of aromatic nitrogens is 1. The molecular formula is C23H27N3O3. The van der Waals surface area contributed by atoms with Gasteiger partial charge in [0.2, 0.25) is 0 Å². The number of nitrogens with zero attached hydrogens (tertiary/aromatic N) is 1. The number of hydrogen-bond acceptors (Lipinski definition) is 3. The first kappa shape index (κ1) is 19.5. The molecule has 1 saturated carbocycles. The first-order chi connectivity index (χ1) is 13.8. The largest absolute Gasteiger partial charge is 0.478 e.